The van der Waals surface area contributed by atoms with E-state index in [2.05, 4.69) is 10.6 Å². The zero-order valence-corrected chi connectivity index (χ0v) is 14.9. The van der Waals surface area contributed by atoms with Crippen LogP contribution in [0.2, 0.25) is 0 Å². The first-order chi connectivity index (χ1) is 11.6. The maximum absolute atomic E-state index is 12.6. The van der Waals surface area contributed by atoms with Gasteiger partial charge in [-0.2, -0.15) is 0 Å². The number of aryl methyl sites for hydroxylation is 2. The molecule has 2 N–H and O–H groups in total. The number of anilines is 1. The highest BCUT2D eigenvalue weighted by molar-refractivity contribution is 7.17. The van der Waals surface area contributed by atoms with Crippen LogP contribution in [0.5, 0.6) is 0 Å². The molecule has 24 heavy (non-hydrogen) atoms. The Balaban J connectivity index is 1.95. The van der Waals surface area contributed by atoms with Gasteiger partial charge in [0.2, 0.25) is 0 Å². The van der Waals surface area contributed by atoms with Gasteiger partial charge in [0.15, 0.2) is 0 Å². The lowest BCUT2D eigenvalue weighted by molar-refractivity contribution is 0.0956. The van der Waals surface area contributed by atoms with Gasteiger partial charge in [-0.1, -0.05) is 18.2 Å². The maximum atomic E-state index is 12.6. The highest BCUT2D eigenvalue weighted by atomic mass is 32.1. The van der Waals surface area contributed by atoms with Crippen molar-refractivity contribution in [2.24, 2.45) is 0 Å². The minimum Gasteiger partial charge on any atom is -0.352 e. The predicted molar refractivity (Wildman–Crippen MR) is 98.1 cm³/mol. The molecule has 0 atom stereocenters. The fourth-order valence-electron chi connectivity index (χ4n) is 3.14. The molecule has 3 rings (SSSR count). The lowest BCUT2D eigenvalue weighted by Gasteiger charge is -2.13. The van der Waals surface area contributed by atoms with Crippen molar-refractivity contribution in [3.8, 4) is 0 Å². The summed E-state index contributed by atoms with van der Waals surface area (Å²) >= 11 is 1.55. The third kappa shape index (κ3) is 3.22. The Bertz CT molecular complexity index is 780. The van der Waals surface area contributed by atoms with Crippen molar-refractivity contribution in [2.45, 2.75) is 39.5 Å². The van der Waals surface area contributed by atoms with Crippen LogP contribution in [0, 0.1) is 6.92 Å². The molecule has 0 saturated carbocycles. The minimum atomic E-state index is -0.155. The molecule has 2 aromatic rings. The Labute approximate surface area is 146 Å². The number of amides is 2. The number of hydrogen-bond donors (Lipinski definition) is 2. The molecule has 0 saturated heterocycles. The van der Waals surface area contributed by atoms with Gasteiger partial charge < -0.3 is 10.6 Å². The summed E-state index contributed by atoms with van der Waals surface area (Å²) < 4.78 is 0. The zero-order chi connectivity index (χ0) is 17.1. The smallest absolute Gasteiger partial charge is 0.256 e. The fraction of sp³-hybridized carbons (Fsp3) is 0.368. The molecule has 126 valence electrons. The van der Waals surface area contributed by atoms with Gasteiger partial charge in [-0.25, -0.2) is 0 Å². The molecule has 0 unspecified atom stereocenters. The van der Waals surface area contributed by atoms with E-state index in [1.54, 1.807) is 11.3 Å². The van der Waals surface area contributed by atoms with Crippen LogP contribution in [-0.4, -0.2) is 18.4 Å². The van der Waals surface area contributed by atoms with E-state index in [0.29, 0.717) is 22.7 Å². The van der Waals surface area contributed by atoms with E-state index in [0.717, 1.165) is 36.8 Å². The number of rotatable bonds is 4. The summed E-state index contributed by atoms with van der Waals surface area (Å²) in [5.41, 5.74) is 3.36. The molecule has 0 aliphatic heterocycles. The molecular weight excluding hydrogens is 320 g/mol. The Hall–Kier alpha value is -2.14. The fourth-order valence-corrected chi connectivity index (χ4v) is 4.42. The Morgan fingerprint density at radius 1 is 1.12 bits per heavy atom. The lowest BCUT2D eigenvalue weighted by atomic mass is 9.95. The summed E-state index contributed by atoms with van der Waals surface area (Å²) in [4.78, 5) is 26.4. The van der Waals surface area contributed by atoms with E-state index in [-0.39, 0.29) is 11.8 Å². The third-order valence-electron chi connectivity index (χ3n) is 4.35. The van der Waals surface area contributed by atoms with Crippen molar-refractivity contribution < 1.29 is 9.59 Å². The average Bonchev–Trinajstić information content (AvgIpc) is 2.93. The van der Waals surface area contributed by atoms with E-state index in [1.165, 1.54) is 4.88 Å². The van der Waals surface area contributed by atoms with E-state index >= 15 is 0 Å². The maximum Gasteiger partial charge on any atom is 0.256 e. The van der Waals surface area contributed by atoms with Gasteiger partial charge in [0.1, 0.15) is 5.00 Å². The van der Waals surface area contributed by atoms with Gasteiger partial charge in [0, 0.05) is 17.0 Å². The van der Waals surface area contributed by atoms with Crippen LogP contribution < -0.4 is 10.6 Å². The monoisotopic (exact) mass is 342 g/mol. The van der Waals surface area contributed by atoms with Gasteiger partial charge >= 0.3 is 0 Å². The quantitative estimate of drug-likeness (QED) is 0.884. The van der Waals surface area contributed by atoms with Gasteiger partial charge in [0.05, 0.1) is 5.56 Å². The minimum absolute atomic E-state index is 0.0861. The number of carbonyl (C=O) groups excluding carboxylic acids is 2. The summed E-state index contributed by atoms with van der Waals surface area (Å²) in [5.74, 6) is -0.241. The van der Waals surface area contributed by atoms with Gasteiger partial charge in [-0.05, 0) is 56.7 Å². The van der Waals surface area contributed by atoms with E-state index in [4.69, 9.17) is 0 Å². The molecule has 0 spiro atoms. The average molecular weight is 342 g/mol. The molecule has 4 nitrogen and oxygen atoms in total. The number of nitrogens with one attached hydrogen (secondary N) is 2. The highest BCUT2D eigenvalue weighted by Gasteiger charge is 2.26. The number of benzene rings is 1. The first kappa shape index (κ1) is 16.7. The standard InChI is InChI=1S/C19H22N2O2S/c1-3-20-18(23)16-14-10-6-7-11-15(14)24-19(16)21-17(22)13-9-5-4-8-12(13)2/h4-5,8-9H,3,6-7,10-11H2,1-2H3,(H,20,23)(H,21,22). The van der Waals surface area contributed by atoms with Crippen LogP contribution in [0.1, 0.15) is 56.5 Å². The SMILES string of the molecule is CCNC(=O)c1c(NC(=O)c2ccccc2C)sc2c1CCCC2. The molecule has 1 aliphatic rings. The second-order valence-corrected chi connectivity index (χ2v) is 7.15. The van der Waals surface area contributed by atoms with Crippen molar-refractivity contribution in [3.63, 3.8) is 0 Å². The van der Waals surface area contributed by atoms with Gasteiger partial charge in [-0.3, -0.25) is 9.59 Å². The zero-order valence-electron chi connectivity index (χ0n) is 14.1. The number of hydrogen-bond acceptors (Lipinski definition) is 3. The van der Waals surface area contributed by atoms with Gasteiger partial charge in [-0.15, -0.1) is 11.3 Å². The summed E-state index contributed by atoms with van der Waals surface area (Å²) in [6.07, 6.45) is 4.15. The second kappa shape index (κ2) is 7.18. The van der Waals surface area contributed by atoms with Crippen LogP contribution >= 0.6 is 11.3 Å². The van der Waals surface area contributed by atoms with Crippen molar-refractivity contribution in [1.29, 1.82) is 0 Å². The van der Waals surface area contributed by atoms with Crippen LogP contribution in [0.15, 0.2) is 24.3 Å². The van der Waals surface area contributed by atoms with Crippen LogP contribution in [0.25, 0.3) is 0 Å². The molecule has 5 heteroatoms. The van der Waals surface area contributed by atoms with Crippen molar-refractivity contribution in [1.82, 2.24) is 5.32 Å². The summed E-state index contributed by atoms with van der Waals surface area (Å²) in [6, 6.07) is 7.49. The van der Waals surface area contributed by atoms with E-state index in [9.17, 15) is 9.59 Å². The number of thiophene rings is 1. The number of fused-ring (bicyclic) bond motifs is 1. The Morgan fingerprint density at radius 3 is 2.62 bits per heavy atom. The molecule has 1 heterocycles. The lowest BCUT2D eigenvalue weighted by Crippen LogP contribution is -2.25. The van der Waals surface area contributed by atoms with E-state index < -0.39 is 0 Å². The summed E-state index contributed by atoms with van der Waals surface area (Å²) in [5, 5.41) is 6.54. The molecule has 1 aromatic carbocycles. The van der Waals surface area contributed by atoms with Crippen LogP contribution in [0.4, 0.5) is 5.00 Å². The molecule has 2 amide bonds. The second-order valence-electron chi connectivity index (χ2n) is 6.04. The third-order valence-corrected chi connectivity index (χ3v) is 5.56. The summed E-state index contributed by atoms with van der Waals surface area (Å²) in [7, 11) is 0. The molecule has 1 aromatic heterocycles. The first-order valence-corrected chi connectivity index (χ1v) is 9.23. The topological polar surface area (TPSA) is 58.2 Å². The molecule has 0 bridgehead atoms. The van der Waals surface area contributed by atoms with Gasteiger partial charge in [0.25, 0.3) is 11.8 Å². The van der Waals surface area contributed by atoms with E-state index in [1.807, 2.05) is 38.1 Å². The molecule has 1 aliphatic carbocycles. The van der Waals surface area contributed by atoms with Crippen molar-refractivity contribution in [3.05, 3.63) is 51.4 Å². The van der Waals surface area contributed by atoms with Crippen LogP contribution in [-0.2, 0) is 12.8 Å². The molecular formula is C19H22N2O2S. The predicted octanol–water partition coefficient (Wildman–Crippen LogP) is 3.94. The summed E-state index contributed by atoms with van der Waals surface area (Å²) in [6.45, 7) is 4.40. The molecule has 0 radical (unpaired) electrons. The highest BCUT2D eigenvalue weighted by Crippen LogP contribution is 2.38. The molecule has 0 fully saturated rings. The number of carbonyl (C=O) groups is 2. The first-order valence-electron chi connectivity index (χ1n) is 8.41. The normalized spacial score (nSPS) is 13.2. The van der Waals surface area contributed by atoms with Crippen LogP contribution in [0.3, 0.4) is 0 Å². The Kier molecular flexibility index (Phi) is 5.00. The largest absolute Gasteiger partial charge is 0.352 e. The van der Waals surface area contributed by atoms with Crippen molar-refractivity contribution >= 4 is 28.2 Å². The van der Waals surface area contributed by atoms with Crippen molar-refractivity contribution in [2.75, 3.05) is 11.9 Å². The Morgan fingerprint density at radius 2 is 1.88 bits per heavy atom.